The van der Waals surface area contributed by atoms with E-state index in [0.717, 1.165) is 17.1 Å². The Bertz CT molecular complexity index is 735. The van der Waals surface area contributed by atoms with Gasteiger partial charge in [0.1, 0.15) is 5.60 Å². The number of amides is 1. The van der Waals surface area contributed by atoms with Crippen LogP contribution in [0.5, 0.6) is 0 Å². The highest BCUT2D eigenvalue weighted by Crippen LogP contribution is 2.31. The topological polar surface area (TPSA) is 68.2 Å². The van der Waals surface area contributed by atoms with Gasteiger partial charge in [-0.05, 0) is 45.7 Å². The molecule has 0 N–H and O–H groups in total. The fourth-order valence-electron chi connectivity index (χ4n) is 3.32. The predicted octanol–water partition coefficient (Wildman–Crippen LogP) is 4.86. The van der Waals surface area contributed by atoms with Gasteiger partial charge in [-0.2, -0.15) is 0 Å². The number of carbonyl (C=O) groups excluding carboxylic acids is 1. The molecule has 2 aromatic heterocycles. The second-order valence-electron chi connectivity index (χ2n) is 8.04. The Morgan fingerprint density at radius 3 is 2.41 bits per heavy atom. The van der Waals surface area contributed by atoms with Crippen LogP contribution in [0.15, 0.2) is 36.9 Å². The zero-order valence-electron chi connectivity index (χ0n) is 16.4. The van der Waals surface area contributed by atoms with Crippen LogP contribution in [-0.2, 0) is 11.3 Å². The van der Waals surface area contributed by atoms with Gasteiger partial charge in [0.25, 0.3) is 0 Å². The normalized spacial score (nSPS) is 15.4. The molecule has 6 nitrogen and oxygen atoms in total. The molecule has 0 unspecified atom stereocenters. The van der Waals surface area contributed by atoms with E-state index in [-0.39, 0.29) is 0 Å². The van der Waals surface area contributed by atoms with E-state index in [9.17, 15) is 4.79 Å². The second kappa shape index (κ2) is 8.46. The summed E-state index contributed by atoms with van der Waals surface area (Å²) in [5, 5.41) is 0. The number of aromatic nitrogens is 3. The minimum Gasteiger partial charge on any atom is -0.443 e. The average molecular weight is 368 g/mol. The van der Waals surface area contributed by atoms with E-state index >= 15 is 0 Å². The molecule has 1 aliphatic rings. The van der Waals surface area contributed by atoms with E-state index < -0.39 is 11.7 Å². The zero-order chi connectivity index (χ0) is 19.3. The quantitative estimate of drug-likeness (QED) is 0.771. The standard InChI is InChI=1S/C21H28N4O2/c1-21(2,3)27-20(26)25(18-9-11-22-12-10-18)15-17-13-24-19(14-23-17)16-7-5-4-6-8-16/h9-14,16H,4-8,15H2,1-3H3. The summed E-state index contributed by atoms with van der Waals surface area (Å²) in [6, 6.07) is 3.57. The summed E-state index contributed by atoms with van der Waals surface area (Å²) in [5.74, 6) is 0.516. The first kappa shape index (κ1) is 19.3. The molecule has 0 aliphatic heterocycles. The first-order chi connectivity index (χ1) is 12.9. The van der Waals surface area contributed by atoms with Crippen LogP contribution in [-0.4, -0.2) is 26.6 Å². The highest BCUT2D eigenvalue weighted by Gasteiger charge is 2.24. The fourth-order valence-corrected chi connectivity index (χ4v) is 3.32. The number of pyridine rings is 1. The Balaban J connectivity index is 1.76. The molecule has 2 aromatic rings. The Kier molecular flexibility index (Phi) is 6.04. The average Bonchev–Trinajstić information content (AvgIpc) is 2.66. The lowest BCUT2D eigenvalue weighted by atomic mass is 9.87. The Morgan fingerprint density at radius 1 is 1.11 bits per heavy atom. The molecule has 6 heteroatoms. The van der Waals surface area contributed by atoms with Crippen LogP contribution < -0.4 is 4.90 Å². The third kappa shape index (κ3) is 5.49. The molecule has 0 aromatic carbocycles. The highest BCUT2D eigenvalue weighted by atomic mass is 16.6. The van der Waals surface area contributed by atoms with Crippen molar-refractivity contribution >= 4 is 11.8 Å². The van der Waals surface area contributed by atoms with Gasteiger partial charge in [0.2, 0.25) is 0 Å². The van der Waals surface area contributed by atoms with E-state index in [1.54, 1.807) is 35.6 Å². The molecule has 1 aliphatic carbocycles. The van der Waals surface area contributed by atoms with Crippen molar-refractivity contribution in [3.63, 3.8) is 0 Å². The van der Waals surface area contributed by atoms with Crippen LogP contribution in [0.3, 0.4) is 0 Å². The first-order valence-corrected chi connectivity index (χ1v) is 9.64. The number of hydrogen-bond acceptors (Lipinski definition) is 5. The summed E-state index contributed by atoms with van der Waals surface area (Å²) in [6.45, 7) is 5.87. The van der Waals surface area contributed by atoms with Gasteiger partial charge >= 0.3 is 6.09 Å². The monoisotopic (exact) mass is 368 g/mol. The van der Waals surface area contributed by atoms with Gasteiger partial charge in [0.05, 0.1) is 29.8 Å². The Hall–Kier alpha value is -2.50. The number of anilines is 1. The molecule has 2 heterocycles. The number of carbonyl (C=O) groups is 1. The van der Waals surface area contributed by atoms with E-state index in [1.807, 2.05) is 27.0 Å². The van der Waals surface area contributed by atoms with E-state index in [0.29, 0.717) is 12.5 Å². The molecule has 0 bridgehead atoms. The van der Waals surface area contributed by atoms with Crippen LogP contribution in [0.1, 0.15) is 70.2 Å². The first-order valence-electron chi connectivity index (χ1n) is 9.64. The van der Waals surface area contributed by atoms with Gasteiger partial charge < -0.3 is 4.74 Å². The van der Waals surface area contributed by atoms with Gasteiger partial charge in [0.15, 0.2) is 0 Å². The Labute approximate surface area is 161 Å². The van der Waals surface area contributed by atoms with Crippen molar-refractivity contribution in [1.82, 2.24) is 15.0 Å². The van der Waals surface area contributed by atoms with Crippen molar-refractivity contribution in [3.8, 4) is 0 Å². The molecule has 27 heavy (non-hydrogen) atoms. The van der Waals surface area contributed by atoms with Crippen molar-refractivity contribution in [3.05, 3.63) is 48.3 Å². The molecule has 0 atom stereocenters. The van der Waals surface area contributed by atoms with Crippen LogP contribution in [0.4, 0.5) is 10.5 Å². The molecule has 0 spiro atoms. The molecule has 0 radical (unpaired) electrons. The predicted molar refractivity (Wildman–Crippen MR) is 105 cm³/mol. The fraction of sp³-hybridized carbons (Fsp3) is 0.524. The maximum atomic E-state index is 12.7. The summed E-state index contributed by atoms with van der Waals surface area (Å²) in [4.78, 5) is 27.5. The molecule has 3 rings (SSSR count). The lowest BCUT2D eigenvalue weighted by molar-refractivity contribution is 0.0577. The molecule has 144 valence electrons. The lowest BCUT2D eigenvalue weighted by Gasteiger charge is -2.27. The zero-order valence-corrected chi connectivity index (χ0v) is 16.4. The van der Waals surface area contributed by atoms with Crippen molar-refractivity contribution < 1.29 is 9.53 Å². The van der Waals surface area contributed by atoms with E-state index in [4.69, 9.17) is 4.74 Å². The van der Waals surface area contributed by atoms with Gasteiger partial charge in [-0.25, -0.2) is 4.79 Å². The van der Waals surface area contributed by atoms with E-state index in [1.165, 1.54) is 32.1 Å². The number of ether oxygens (including phenoxy) is 1. The summed E-state index contributed by atoms with van der Waals surface area (Å²) < 4.78 is 5.56. The summed E-state index contributed by atoms with van der Waals surface area (Å²) >= 11 is 0. The molecule has 1 fully saturated rings. The molecule has 0 saturated heterocycles. The van der Waals surface area contributed by atoms with Crippen molar-refractivity contribution in [2.45, 2.75) is 70.9 Å². The SMILES string of the molecule is CC(C)(C)OC(=O)N(Cc1cnc(C2CCCCC2)cn1)c1ccncc1. The summed E-state index contributed by atoms with van der Waals surface area (Å²) in [7, 11) is 0. The number of rotatable bonds is 4. The smallest absolute Gasteiger partial charge is 0.415 e. The van der Waals surface area contributed by atoms with E-state index in [2.05, 4.69) is 15.0 Å². The minimum atomic E-state index is -0.571. The molecule has 1 amide bonds. The van der Waals surface area contributed by atoms with Gasteiger partial charge in [-0.3, -0.25) is 19.9 Å². The van der Waals surface area contributed by atoms with Crippen LogP contribution in [0.25, 0.3) is 0 Å². The highest BCUT2D eigenvalue weighted by molar-refractivity contribution is 5.87. The van der Waals surface area contributed by atoms with Crippen LogP contribution >= 0.6 is 0 Å². The third-order valence-corrected chi connectivity index (χ3v) is 4.66. The van der Waals surface area contributed by atoms with Crippen molar-refractivity contribution in [1.29, 1.82) is 0 Å². The third-order valence-electron chi connectivity index (χ3n) is 4.66. The molecular weight excluding hydrogens is 340 g/mol. The molecule has 1 saturated carbocycles. The van der Waals surface area contributed by atoms with Gasteiger partial charge in [-0.1, -0.05) is 19.3 Å². The maximum Gasteiger partial charge on any atom is 0.415 e. The summed E-state index contributed by atoms with van der Waals surface area (Å²) in [5.41, 5.74) is 1.94. The van der Waals surface area contributed by atoms with Crippen LogP contribution in [0, 0.1) is 0 Å². The number of nitrogens with zero attached hydrogens (tertiary/aromatic N) is 4. The second-order valence-corrected chi connectivity index (χ2v) is 8.04. The van der Waals surface area contributed by atoms with Gasteiger partial charge in [0, 0.05) is 24.5 Å². The lowest BCUT2D eigenvalue weighted by Crippen LogP contribution is -2.36. The number of hydrogen-bond donors (Lipinski definition) is 0. The Morgan fingerprint density at radius 2 is 1.81 bits per heavy atom. The van der Waals surface area contributed by atoms with Crippen molar-refractivity contribution in [2.75, 3.05) is 4.90 Å². The maximum absolute atomic E-state index is 12.7. The largest absolute Gasteiger partial charge is 0.443 e. The van der Waals surface area contributed by atoms with Crippen LogP contribution in [0.2, 0.25) is 0 Å². The molecular formula is C21H28N4O2. The van der Waals surface area contributed by atoms with Crippen molar-refractivity contribution in [2.24, 2.45) is 0 Å². The summed E-state index contributed by atoms with van der Waals surface area (Å²) in [6.07, 6.45) is 12.8. The van der Waals surface area contributed by atoms with Gasteiger partial charge in [-0.15, -0.1) is 0 Å². The minimum absolute atomic E-state index is 0.302.